The highest BCUT2D eigenvalue weighted by Gasteiger charge is 2.03. The number of carbonyl (C=O) groups is 1. The number of aromatic nitrogens is 3. The fourth-order valence-electron chi connectivity index (χ4n) is 1.49. The first-order valence-corrected chi connectivity index (χ1v) is 5.68. The molecule has 94 valence electrons. The summed E-state index contributed by atoms with van der Waals surface area (Å²) in [5, 5.41) is 5.46. The number of nitrogens with zero attached hydrogens (tertiary/aromatic N) is 3. The van der Waals surface area contributed by atoms with Gasteiger partial charge in [-0.3, -0.25) is 5.32 Å². The third-order valence-corrected chi connectivity index (χ3v) is 2.46. The van der Waals surface area contributed by atoms with Gasteiger partial charge in [0.05, 0.1) is 6.33 Å². The highest BCUT2D eigenvalue weighted by atomic mass is 16.2. The van der Waals surface area contributed by atoms with Crippen molar-refractivity contribution >= 4 is 11.8 Å². The molecule has 0 aliphatic heterocycles. The van der Waals surface area contributed by atoms with Gasteiger partial charge in [-0.15, -0.1) is 0 Å². The molecule has 0 aliphatic rings. The number of amides is 2. The lowest BCUT2D eigenvalue weighted by molar-refractivity contribution is 0.251. The van der Waals surface area contributed by atoms with Crippen molar-refractivity contribution in [3.63, 3.8) is 0 Å². The molecule has 6 nitrogen and oxygen atoms in total. The van der Waals surface area contributed by atoms with Crippen LogP contribution in [0, 0.1) is 6.92 Å². The molecule has 0 saturated heterocycles. The number of urea groups is 1. The molecule has 0 aliphatic carbocycles. The summed E-state index contributed by atoms with van der Waals surface area (Å²) in [5.74, 6) is 0.581. The number of hydrogen-bond donors (Lipinski definition) is 2. The van der Waals surface area contributed by atoms with E-state index in [1.54, 1.807) is 18.7 Å². The third-order valence-electron chi connectivity index (χ3n) is 2.46. The molecule has 0 unspecified atom stereocenters. The van der Waals surface area contributed by atoms with Gasteiger partial charge in [0.2, 0.25) is 0 Å². The van der Waals surface area contributed by atoms with Crippen LogP contribution in [0.5, 0.6) is 0 Å². The van der Waals surface area contributed by atoms with Crippen LogP contribution in [0.25, 0.3) is 0 Å². The fourth-order valence-corrected chi connectivity index (χ4v) is 1.49. The van der Waals surface area contributed by atoms with E-state index < -0.39 is 0 Å². The second-order valence-corrected chi connectivity index (χ2v) is 3.85. The van der Waals surface area contributed by atoms with Gasteiger partial charge in [-0.1, -0.05) is 6.07 Å². The van der Waals surface area contributed by atoms with Crippen LogP contribution in [-0.2, 0) is 6.54 Å². The summed E-state index contributed by atoms with van der Waals surface area (Å²) < 4.78 is 1.90. The van der Waals surface area contributed by atoms with E-state index in [0.717, 1.165) is 5.56 Å². The van der Waals surface area contributed by atoms with Crippen LogP contribution < -0.4 is 10.6 Å². The lowest BCUT2D eigenvalue weighted by Gasteiger charge is -2.08. The molecule has 0 bridgehead atoms. The minimum atomic E-state index is -0.253. The highest BCUT2D eigenvalue weighted by molar-refractivity contribution is 5.88. The van der Waals surface area contributed by atoms with Crippen LogP contribution >= 0.6 is 0 Å². The van der Waals surface area contributed by atoms with Crippen LogP contribution in [0.4, 0.5) is 10.6 Å². The normalized spacial score (nSPS) is 10.1. The van der Waals surface area contributed by atoms with Crippen molar-refractivity contribution in [2.24, 2.45) is 0 Å². The Morgan fingerprint density at radius 1 is 1.44 bits per heavy atom. The maximum Gasteiger partial charge on any atom is 0.320 e. The molecule has 6 heteroatoms. The Kier molecular flexibility index (Phi) is 3.90. The van der Waals surface area contributed by atoms with Crippen LogP contribution in [0.3, 0.4) is 0 Å². The Bertz CT molecular complexity index is 509. The van der Waals surface area contributed by atoms with E-state index in [-0.39, 0.29) is 6.03 Å². The number of nitrogens with one attached hydrogen (secondary N) is 2. The Morgan fingerprint density at radius 2 is 2.33 bits per heavy atom. The molecule has 2 N–H and O–H groups in total. The number of anilines is 1. The first-order chi connectivity index (χ1) is 8.75. The van der Waals surface area contributed by atoms with E-state index in [1.807, 2.05) is 29.8 Å². The molecule has 0 saturated carbocycles. The number of carbonyl (C=O) groups excluding carboxylic acids is 1. The van der Waals surface area contributed by atoms with Gasteiger partial charge in [0.25, 0.3) is 0 Å². The Labute approximate surface area is 105 Å². The topological polar surface area (TPSA) is 71.8 Å². The van der Waals surface area contributed by atoms with Gasteiger partial charge < -0.3 is 9.88 Å². The molecular weight excluding hydrogens is 230 g/mol. The number of hydrogen-bond acceptors (Lipinski definition) is 3. The molecule has 0 aromatic carbocycles. The smallest absolute Gasteiger partial charge is 0.320 e. The van der Waals surface area contributed by atoms with E-state index in [2.05, 4.69) is 20.6 Å². The number of pyridine rings is 1. The molecule has 0 radical (unpaired) electrons. The molecule has 2 rings (SSSR count). The van der Waals surface area contributed by atoms with Gasteiger partial charge in [-0.05, 0) is 18.6 Å². The summed E-state index contributed by atoms with van der Waals surface area (Å²) in [5.41, 5.74) is 0.933. The van der Waals surface area contributed by atoms with Crippen molar-refractivity contribution in [3.05, 3.63) is 42.6 Å². The van der Waals surface area contributed by atoms with E-state index in [4.69, 9.17) is 0 Å². The molecule has 2 heterocycles. The number of imidazole rings is 1. The van der Waals surface area contributed by atoms with E-state index >= 15 is 0 Å². The lowest BCUT2D eigenvalue weighted by atomic mass is 10.3. The molecule has 0 atom stereocenters. The molecular formula is C12H15N5O. The van der Waals surface area contributed by atoms with Crippen LogP contribution in [0.15, 0.2) is 37.1 Å². The first-order valence-electron chi connectivity index (χ1n) is 5.68. The second kappa shape index (κ2) is 5.81. The maximum atomic E-state index is 11.6. The van der Waals surface area contributed by atoms with Crippen LogP contribution in [0.1, 0.15) is 5.56 Å². The maximum absolute atomic E-state index is 11.6. The van der Waals surface area contributed by atoms with Crippen molar-refractivity contribution in [2.45, 2.75) is 13.5 Å². The van der Waals surface area contributed by atoms with Gasteiger partial charge in [0.15, 0.2) is 0 Å². The number of rotatable bonds is 4. The Morgan fingerprint density at radius 3 is 3.06 bits per heavy atom. The predicted octanol–water partition coefficient (Wildman–Crippen LogP) is 1.41. The van der Waals surface area contributed by atoms with Gasteiger partial charge in [-0.2, -0.15) is 0 Å². The van der Waals surface area contributed by atoms with Gasteiger partial charge in [0.1, 0.15) is 5.82 Å². The largest absolute Gasteiger partial charge is 0.336 e. The van der Waals surface area contributed by atoms with Crippen molar-refractivity contribution in [3.8, 4) is 0 Å². The monoisotopic (exact) mass is 245 g/mol. The minimum Gasteiger partial charge on any atom is -0.336 e. The third kappa shape index (κ3) is 3.31. The highest BCUT2D eigenvalue weighted by Crippen LogP contribution is 2.08. The zero-order valence-electron chi connectivity index (χ0n) is 10.1. The average molecular weight is 245 g/mol. The summed E-state index contributed by atoms with van der Waals surface area (Å²) in [7, 11) is 0. The minimum absolute atomic E-state index is 0.253. The predicted molar refractivity (Wildman–Crippen MR) is 68.2 cm³/mol. The van der Waals surface area contributed by atoms with E-state index in [1.165, 1.54) is 0 Å². The van der Waals surface area contributed by atoms with Crippen molar-refractivity contribution < 1.29 is 4.79 Å². The molecule has 18 heavy (non-hydrogen) atoms. The quantitative estimate of drug-likeness (QED) is 0.855. The van der Waals surface area contributed by atoms with Crippen molar-refractivity contribution in [1.29, 1.82) is 0 Å². The first kappa shape index (κ1) is 12.1. The van der Waals surface area contributed by atoms with Crippen molar-refractivity contribution in [2.75, 3.05) is 11.9 Å². The summed E-state index contributed by atoms with van der Waals surface area (Å²) in [6.07, 6.45) is 6.91. The summed E-state index contributed by atoms with van der Waals surface area (Å²) in [6, 6.07) is 3.47. The molecule has 0 spiro atoms. The van der Waals surface area contributed by atoms with Crippen LogP contribution in [0.2, 0.25) is 0 Å². The summed E-state index contributed by atoms with van der Waals surface area (Å²) in [4.78, 5) is 19.6. The van der Waals surface area contributed by atoms with E-state index in [9.17, 15) is 4.79 Å². The lowest BCUT2D eigenvalue weighted by Crippen LogP contribution is -2.31. The Hall–Kier alpha value is -2.37. The standard InChI is InChI=1S/C12H15N5O/c1-10-3-2-4-14-11(10)16-12(18)15-6-8-17-7-5-13-9-17/h2-5,7,9H,6,8H2,1H3,(H2,14,15,16,18). The van der Waals surface area contributed by atoms with Gasteiger partial charge in [0, 0.05) is 31.7 Å². The summed E-state index contributed by atoms with van der Waals surface area (Å²) >= 11 is 0. The number of aryl methyl sites for hydroxylation is 1. The molecule has 2 aromatic heterocycles. The summed E-state index contributed by atoms with van der Waals surface area (Å²) in [6.45, 7) is 3.12. The Balaban J connectivity index is 1.77. The van der Waals surface area contributed by atoms with Gasteiger partial charge >= 0.3 is 6.03 Å². The van der Waals surface area contributed by atoms with E-state index in [0.29, 0.717) is 18.9 Å². The molecule has 2 aromatic rings. The molecule has 0 fully saturated rings. The van der Waals surface area contributed by atoms with Crippen LogP contribution in [-0.4, -0.2) is 27.1 Å². The zero-order chi connectivity index (χ0) is 12.8. The van der Waals surface area contributed by atoms with Gasteiger partial charge in [-0.25, -0.2) is 14.8 Å². The fraction of sp³-hybridized carbons (Fsp3) is 0.250. The zero-order valence-corrected chi connectivity index (χ0v) is 10.1. The molecule has 2 amide bonds. The average Bonchev–Trinajstić information content (AvgIpc) is 2.85. The van der Waals surface area contributed by atoms with Crippen molar-refractivity contribution in [1.82, 2.24) is 19.9 Å². The second-order valence-electron chi connectivity index (χ2n) is 3.85. The SMILES string of the molecule is Cc1cccnc1NC(=O)NCCn1ccnc1.